The molecule has 24 heavy (non-hydrogen) atoms. The van der Waals surface area contributed by atoms with E-state index in [4.69, 9.17) is 0 Å². The molecule has 2 bridgehead atoms. The first-order valence-electron chi connectivity index (χ1n) is 8.80. The largest absolute Gasteiger partial charge is 0.283 e. The van der Waals surface area contributed by atoms with Gasteiger partial charge in [0.05, 0.1) is 11.8 Å². The molecule has 0 N–H and O–H groups in total. The van der Waals surface area contributed by atoms with Gasteiger partial charge >= 0.3 is 0 Å². The van der Waals surface area contributed by atoms with E-state index in [1.807, 2.05) is 32.9 Å². The molecule has 4 rings (SSSR count). The van der Waals surface area contributed by atoms with Gasteiger partial charge in [0.25, 0.3) is 0 Å². The van der Waals surface area contributed by atoms with Gasteiger partial charge in [-0.3, -0.25) is 19.4 Å². The summed E-state index contributed by atoms with van der Waals surface area (Å²) in [6.45, 7) is 12.4. The van der Waals surface area contributed by atoms with E-state index in [9.17, 15) is 9.59 Å². The van der Waals surface area contributed by atoms with Gasteiger partial charge in [-0.1, -0.05) is 24.3 Å². The van der Waals surface area contributed by atoms with E-state index in [2.05, 4.69) is 37.8 Å². The normalized spacial score (nSPS) is 32.5. The number of amides is 2. The molecule has 4 nitrogen and oxygen atoms in total. The summed E-state index contributed by atoms with van der Waals surface area (Å²) < 4.78 is 0. The van der Waals surface area contributed by atoms with Crippen molar-refractivity contribution in [2.75, 3.05) is 0 Å². The average molecular weight is 326 g/mol. The summed E-state index contributed by atoms with van der Waals surface area (Å²) in [5, 5.41) is 0. The van der Waals surface area contributed by atoms with Crippen LogP contribution in [0.5, 0.6) is 0 Å². The number of carbonyl (C=O) groups excluding carboxylic acids is 2. The number of carbonyl (C=O) groups is 2. The number of rotatable bonds is 0. The third-order valence-electron chi connectivity index (χ3n) is 5.76. The van der Waals surface area contributed by atoms with E-state index < -0.39 is 5.54 Å². The SMILES string of the molecule is CC(C)(C)N1C(=O)[C@@H]2[C@H](C1=O)[C@@H]1c3ccccc3[C@H]2N1C(C)(C)C. The summed E-state index contributed by atoms with van der Waals surface area (Å²) in [7, 11) is 0. The molecule has 2 fully saturated rings. The second-order valence-electron chi connectivity index (χ2n) is 9.33. The Bertz CT molecular complexity index is 692. The summed E-state index contributed by atoms with van der Waals surface area (Å²) >= 11 is 0. The van der Waals surface area contributed by atoms with E-state index in [0.29, 0.717) is 0 Å². The summed E-state index contributed by atoms with van der Waals surface area (Å²) in [5.41, 5.74) is 1.91. The molecule has 0 aliphatic carbocycles. The molecule has 0 aromatic heterocycles. The topological polar surface area (TPSA) is 40.6 Å². The van der Waals surface area contributed by atoms with Crippen LogP contribution in [0, 0.1) is 11.8 Å². The summed E-state index contributed by atoms with van der Waals surface area (Å²) in [6.07, 6.45) is 0. The minimum absolute atomic E-state index is 0.00810. The zero-order valence-corrected chi connectivity index (χ0v) is 15.3. The first-order chi connectivity index (χ1) is 11.0. The molecule has 1 aromatic rings. The first kappa shape index (κ1) is 15.8. The highest BCUT2D eigenvalue weighted by Gasteiger charge is 2.68. The minimum atomic E-state index is -0.462. The number of benzene rings is 1. The van der Waals surface area contributed by atoms with Crippen molar-refractivity contribution in [1.82, 2.24) is 9.80 Å². The molecule has 2 amide bonds. The van der Waals surface area contributed by atoms with Gasteiger partial charge in [0.2, 0.25) is 11.8 Å². The monoisotopic (exact) mass is 326 g/mol. The Morgan fingerprint density at radius 2 is 1.17 bits per heavy atom. The third kappa shape index (κ3) is 1.78. The standard InChI is InChI=1S/C20H26N2O2/c1-19(2,3)21-15-11-9-7-8-10-12(11)16(21)14-13(15)17(23)22(18(14)24)20(4,5)6/h7-10,13-16H,1-6H3/t13-,14+,15-,16+. The van der Waals surface area contributed by atoms with Gasteiger partial charge in [-0.2, -0.15) is 0 Å². The predicted molar refractivity (Wildman–Crippen MR) is 92.1 cm³/mol. The van der Waals surface area contributed by atoms with Crippen LogP contribution in [0.2, 0.25) is 0 Å². The van der Waals surface area contributed by atoms with E-state index in [1.165, 1.54) is 16.0 Å². The van der Waals surface area contributed by atoms with Crippen molar-refractivity contribution in [2.24, 2.45) is 11.8 Å². The molecule has 0 radical (unpaired) electrons. The molecule has 3 aliphatic heterocycles. The van der Waals surface area contributed by atoms with Crippen LogP contribution in [0.1, 0.15) is 64.8 Å². The number of imide groups is 1. The highest BCUT2D eigenvalue weighted by atomic mass is 16.2. The van der Waals surface area contributed by atoms with E-state index in [-0.39, 0.29) is 41.3 Å². The highest BCUT2D eigenvalue weighted by Crippen LogP contribution is 2.64. The average Bonchev–Trinajstić information content (AvgIpc) is 3.04. The second-order valence-corrected chi connectivity index (χ2v) is 9.33. The highest BCUT2D eigenvalue weighted by molar-refractivity contribution is 6.07. The maximum Gasteiger partial charge on any atom is 0.235 e. The zero-order chi connectivity index (χ0) is 17.6. The van der Waals surface area contributed by atoms with Crippen LogP contribution in [-0.2, 0) is 9.59 Å². The van der Waals surface area contributed by atoms with E-state index in [0.717, 1.165) is 0 Å². The molecule has 3 aliphatic rings. The van der Waals surface area contributed by atoms with Gasteiger partial charge in [0, 0.05) is 23.2 Å². The van der Waals surface area contributed by atoms with Crippen molar-refractivity contribution in [3.05, 3.63) is 35.4 Å². The quantitative estimate of drug-likeness (QED) is 0.687. The van der Waals surface area contributed by atoms with Gasteiger partial charge in [-0.15, -0.1) is 0 Å². The van der Waals surface area contributed by atoms with Crippen LogP contribution in [0.15, 0.2) is 24.3 Å². The molecule has 128 valence electrons. The fraction of sp³-hybridized carbons (Fsp3) is 0.600. The zero-order valence-electron chi connectivity index (χ0n) is 15.3. The van der Waals surface area contributed by atoms with Crippen LogP contribution in [-0.4, -0.2) is 32.7 Å². The molecular formula is C20H26N2O2. The maximum absolute atomic E-state index is 13.2. The summed E-state index contributed by atoms with van der Waals surface area (Å²) in [4.78, 5) is 30.3. The van der Waals surface area contributed by atoms with Gasteiger partial charge < -0.3 is 0 Å². The number of hydrogen-bond acceptors (Lipinski definition) is 3. The van der Waals surface area contributed by atoms with Crippen molar-refractivity contribution >= 4 is 11.8 Å². The van der Waals surface area contributed by atoms with Crippen molar-refractivity contribution in [3.63, 3.8) is 0 Å². The Morgan fingerprint density at radius 3 is 1.50 bits per heavy atom. The van der Waals surface area contributed by atoms with Crippen LogP contribution < -0.4 is 0 Å². The number of nitrogens with zero attached hydrogens (tertiary/aromatic N) is 2. The Hall–Kier alpha value is -1.68. The molecule has 4 heteroatoms. The van der Waals surface area contributed by atoms with Crippen molar-refractivity contribution in [1.29, 1.82) is 0 Å². The van der Waals surface area contributed by atoms with Crippen molar-refractivity contribution in [3.8, 4) is 0 Å². The van der Waals surface area contributed by atoms with Crippen LogP contribution in [0.25, 0.3) is 0 Å². The Morgan fingerprint density at radius 1 is 0.750 bits per heavy atom. The molecule has 4 atom stereocenters. The van der Waals surface area contributed by atoms with Crippen molar-refractivity contribution < 1.29 is 9.59 Å². The van der Waals surface area contributed by atoms with Crippen molar-refractivity contribution in [2.45, 2.75) is 64.7 Å². The molecule has 2 saturated heterocycles. The van der Waals surface area contributed by atoms with Gasteiger partial charge in [-0.05, 0) is 52.7 Å². The molecule has 1 aromatic carbocycles. The lowest BCUT2D eigenvalue weighted by molar-refractivity contribution is -0.147. The molecule has 3 heterocycles. The van der Waals surface area contributed by atoms with E-state index in [1.54, 1.807) is 0 Å². The number of likely N-dealkylation sites (tertiary alicyclic amines) is 1. The first-order valence-corrected chi connectivity index (χ1v) is 8.80. The molecule has 0 spiro atoms. The van der Waals surface area contributed by atoms with Crippen LogP contribution >= 0.6 is 0 Å². The Kier molecular flexibility index (Phi) is 2.96. The molecule has 0 saturated carbocycles. The number of hydrogen-bond donors (Lipinski definition) is 0. The van der Waals surface area contributed by atoms with Gasteiger partial charge in [0.15, 0.2) is 0 Å². The maximum atomic E-state index is 13.2. The third-order valence-corrected chi connectivity index (χ3v) is 5.76. The number of fused-ring (bicyclic) bond motifs is 8. The second kappa shape index (κ2) is 4.48. The lowest BCUT2D eigenvalue weighted by Gasteiger charge is -2.39. The lowest BCUT2D eigenvalue weighted by Crippen LogP contribution is -2.49. The lowest BCUT2D eigenvalue weighted by atomic mass is 9.77. The smallest absolute Gasteiger partial charge is 0.235 e. The van der Waals surface area contributed by atoms with Gasteiger partial charge in [-0.25, -0.2) is 0 Å². The van der Waals surface area contributed by atoms with E-state index >= 15 is 0 Å². The minimum Gasteiger partial charge on any atom is -0.283 e. The molecular weight excluding hydrogens is 300 g/mol. The van der Waals surface area contributed by atoms with Crippen LogP contribution in [0.4, 0.5) is 0 Å². The van der Waals surface area contributed by atoms with Crippen LogP contribution in [0.3, 0.4) is 0 Å². The van der Waals surface area contributed by atoms with Gasteiger partial charge in [0.1, 0.15) is 0 Å². The summed E-state index contributed by atoms with van der Waals surface area (Å²) in [5.74, 6) is -0.464. The predicted octanol–water partition coefficient (Wildman–Crippen LogP) is 3.30. The summed E-state index contributed by atoms with van der Waals surface area (Å²) in [6, 6.07) is 8.37. The molecule has 0 unspecified atom stereocenters. The fourth-order valence-electron chi connectivity index (χ4n) is 5.13. The Labute approximate surface area is 143 Å². The fourth-order valence-corrected chi connectivity index (χ4v) is 5.13. The Balaban J connectivity index is 1.89.